The van der Waals surface area contributed by atoms with E-state index >= 15 is 0 Å². The van der Waals surface area contributed by atoms with E-state index in [9.17, 15) is 4.79 Å². The van der Waals surface area contributed by atoms with Crippen molar-refractivity contribution in [2.45, 2.75) is 32.2 Å². The second-order valence-electron chi connectivity index (χ2n) is 8.40. The van der Waals surface area contributed by atoms with E-state index in [2.05, 4.69) is 32.7 Å². The third-order valence-corrected chi connectivity index (χ3v) is 7.39. The van der Waals surface area contributed by atoms with Crippen molar-refractivity contribution >= 4 is 33.3 Å². The van der Waals surface area contributed by atoms with Gasteiger partial charge >= 0.3 is 0 Å². The predicted octanol–water partition coefficient (Wildman–Crippen LogP) is 3.07. The minimum absolute atomic E-state index is 0.0496. The lowest BCUT2D eigenvalue weighted by molar-refractivity contribution is 0.0662. The van der Waals surface area contributed by atoms with E-state index in [0.29, 0.717) is 12.1 Å². The monoisotopic (exact) mass is 436 g/mol. The fourth-order valence-electron chi connectivity index (χ4n) is 4.31. The lowest BCUT2D eigenvalue weighted by Gasteiger charge is -2.32. The van der Waals surface area contributed by atoms with Crippen molar-refractivity contribution in [3.8, 4) is 0 Å². The smallest absolute Gasteiger partial charge is 0.265 e. The maximum Gasteiger partial charge on any atom is 0.265 e. The number of fused-ring (bicyclic) bond motifs is 3. The van der Waals surface area contributed by atoms with Gasteiger partial charge in [-0.05, 0) is 56.0 Å². The number of anilines is 1. The minimum Gasteiger partial charge on any atom is -0.365 e. The number of hydrazine groups is 1. The topological polar surface area (TPSA) is 73.4 Å². The van der Waals surface area contributed by atoms with Gasteiger partial charge in [-0.2, -0.15) is 0 Å². The Kier molecular flexibility index (Phi) is 5.85. The number of carbonyl (C=O) groups excluding carboxylic acids is 1. The number of benzene rings is 1. The number of aromatic nitrogens is 2. The van der Waals surface area contributed by atoms with Crippen LogP contribution in [-0.4, -0.2) is 59.0 Å². The number of likely N-dealkylation sites (N-methyl/N-ethyl adjacent to an activating group) is 1. The molecule has 162 valence electrons. The van der Waals surface area contributed by atoms with E-state index in [0.717, 1.165) is 55.2 Å². The van der Waals surface area contributed by atoms with Crippen LogP contribution in [0.3, 0.4) is 0 Å². The summed E-state index contributed by atoms with van der Waals surface area (Å²) in [5, 5.41) is 6.70. The summed E-state index contributed by atoms with van der Waals surface area (Å²) in [5.41, 5.74) is 6.25. The highest BCUT2D eigenvalue weighted by atomic mass is 32.1. The molecule has 2 aliphatic rings. The van der Waals surface area contributed by atoms with Gasteiger partial charge in [-0.3, -0.25) is 10.2 Å². The highest BCUT2D eigenvalue weighted by Gasteiger charge is 2.20. The quantitative estimate of drug-likeness (QED) is 0.640. The van der Waals surface area contributed by atoms with Crippen LogP contribution in [-0.2, 0) is 19.4 Å². The third-order valence-electron chi connectivity index (χ3n) is 6.19. The molecule has 2 N–H and O–H groups in total. The van der Waals surface area contributed by atoms with E-state index in [1.165, 1.54) is 28.7 Å². The number of carbonyl (C=O) groups is 1. The molecular weight excluding hydrogens is 408 g/mol. The zero-order valence-electron chi connectivity index (χ0n) is 17.9. The first kappa shape index (κ1) is 20.4. The van der Waals surface area contributed by atoms with Gasteiger partial charge < -0.3 is 10.2 Å². The van der Waals surface area contributed by atoms with E-state index in [-0.39, 0.29) is 5.91 Å². The van der Waals surface area contributed by atoms with Gasteiger partial charge in [-0.1, -0.05) is 12.1 Å². The number of thiophene rings is 1. The third kappa shape index (κ3) is 4.42. The van der Waals surface area contributed by atoms with Crippen molar-refractivity contribution in [2.75, 3.05) is 38.5 Å². The summed E-state index contributed by atoms with van der Waals surface area (Å²) in [4.78, 5) is 26.4. The van der Waals surface area contributed by atoms with Gasteiger partial charge in [0, 0.05) is 43.2 Å². The van der Waals surface area contributed by atoms with E-state index in [1.54, 1.807) is 6.33 Å². The Labute approximate surface area is 186 Å². The Morgan fingerprint density at radius 1 is 1.06 bits per heavy atom. The summed E-state index contributed by atoms with van der Waals surface area (Å²) in [6.45, 7) is 4.30. The summed E-state index contributed by atoms with van der Waals surface area (Å²) < 4.78 is 0. The zero-order chi connectivity index (χ0) is 21.2. The molecule has 1 aliphatic carbocycles. The van der Waals surface area contributed by atoms with Crippen molar-refractivity contribution < 1.29 is 4.79 Å². The number of amides is 1. The zero-order valence-corrected chi connectivity index (χ0v) is 18.7. The summed E-state index contributed by atoms with van der Waals surface area (Å²) in [5.74, 6) is 0.868. The van der Waals surface area contributed by atoms with Gasteiger partial charge in [0.2, 0.25) is 0 Å². The largest absolute Gasteiger partial charge is 0.365 e. The Morgan fingerprint density at radius 3 is 2.65 bits per heavy atom. The van der Waals surface area contributed by atoms with Crippen molar-refractivity contribution in [3.63, 3.8) is 0 Å². The number of nitrogens with zero attached hydrogens (tertiary/aromatic N) is 4. The van der Waals surface area contributed by atoms with Crippen molar-refractivity contribution in [1.29, 1.82) is 0 Å². The van der Waals surface area contributed by atoms with Crippen molar-refractivity contribution in [3.05, 3.63) is 52.2 Å². The van der Waals surface area contributed by atoms with Gasteiger partial charge in [0.1, 0.15) is 17.0 Å². The molecule has 1 amide bonds. The molecule has 7 nitrogen and oxygen atoms in total. The first-order chi connectivity index (χ1) is 15.2. The maximum atomic E-state index is 12.5. The standard InChI is InChI=1S/C23H28N6OS/c1-28-10-12-29(13-11-28)27-22(30)17-8-6-16(7-9-17)14-24-21-20-18-4-2-3-5-19(18)31-23(20)26-15-25-21/h6-9,15H,2-5,10-14H2,1H3,(H,27,30)(H,24,25,26). The second kappa shape index (κ2) is 8.90. The van der Waals surface area contributed by atoms with Gasteiger partial charge in [0.05, 0.1) is 5.39 Å². The molecular formula is C23H28N6OS. The van der Waals surface area contributed by atoms with Crippen LogP contribution in [0.25, 0.3) is 10.2 Å². The summed E-state index contributed by atoms with van der Waals surface area (Å²) in [7, 11) is 2.10. The highest BCUT2D eigenvalue weighted by Crippen LogP contribution is 2.38. The summed E-state index contributed by atoms with van der Waals surface area (Å²) in [6, 6.07) is 7.80. The fourth-order valence-corrected chi connectivity index (χ4v) is 5.54. The Bertz CT molecular complexity index is 1070. The number of hydrogen-bond donors (Lipinski definition) is 2. The molecule has 0 spiro atoms. The number of nitrogens with one attached hydrogen (secondary N) is 2. The molecule has 1 aromatic carbocycles. The first-order valence-electron chi connectivity index (χ1n) is 11.0. The minimum atomic E-state index is -0.0496. The molecule has 8 heteroatoms. The number of hydrogen-bond acceptors (Lipinski definition) is 7. The molecule has 3 aromatic rings. The molecule has 31 heavy (non-hydrogen) atoms. The molecule has 5 rings (SSSR count). The average molecular weight is 437 g/mol. The summed E-state index contributed by atoms with van der Waals surface area (Å²) in [6.07, 6.45) is 6.44. The molecule has 3 heterocycles. The van der Waals surface area contributed by atoms with Crippen LogP contribution >= 0.6 is 11.3 Å². The Hall–Kier alpha value is -2.55. The molecule has 0 unspecified atom stereocenters. The second-order valence-corrected chi connectivity index (χ2v) is 9.48. The highest BCUT2D eigenvalue weighted by molar-refractivity contribution is 7.19. The lowest BCUT2D eigenvalue weighted by Crippen LogP contribution is -2.52. The van der Waals surface area contributed by atoms with Crippen LogP contribution in [0, 0.1) is 0 Å². The SMILES string of the molecule is CN1CCN(NC(=O)c2ccc(CNc3ncnc4sc5c(c34)CCCC5)cc2)CC1. The van der Waals surface area contributed by atoms with E-state index < -0.39 is 0 Å². The maximum absolute atomic E-state index is 12.5. The molecule has 2 aromatic heterocycles. The number of aryl methyl sites for hydroxylation is 2. The van der Waals surface area contributed by atoms with E-state index in [4.69, 9.17) is 0 Å². The molecule has 0 bridgehead atoms. The van der Waals surface area contributed by atoms with Gasteiger partial charge in [0.25, 0.3) is 5.91 Å². The number of piperazine rings is 1. The van der Waals surface area contributed by atoms with Crippen LogP contribution < -0.4 is 10.7 Å². The van der Waals surface area contributed by atoms with Crippen LogP contribution in [0.4, 0.5) is 5.82 Å². The van der Waals surface area contributed by atoms with Crippen LogP contribution in [0.2, 0.25) is 0 Å². The van der Waals surface area contributed by atoms with Gasteiger partial charge in [0.15, 0.2) is 0 Å². The van der Waals surface area contributed by atoms with Gasteiger partial charge in [-0.25, -0.2) is 15.0 Å². The van der Waals surface area contributed by atoms with Gasteiger partial charge in [-0.15, -0.1) is 11.3 Å². The molecule has 0 saturated carbocycles. The Morgan fingerprint density at radius 2 is 1.84 bits per heavy atom. The van der Waals surface area contributed by atoms with Crippen LogP contribution in [0.5, 0.6) is 0 Å². The normalized spacial score (nSPS) is 17.5. The molecule has 0 radical (unpaired) electrons. The molecule has 1 saturated heterocycles. The fraction of sp³-hybridized carbons (Fsp3) is 0.435. The number of rotatable bonds is 5. The van der Waals surface area contributed by atoms with Crippen molar-refractivity contribution in [2.24, 2.45) is 0 Å². The summed E-state index contributed by atoms with van der Waals surface area (Å²) >= 11 is 1.81. The lowest BCUT2D eigenvalue weighted by atomic mass is 9.97. The average Bonchev–Trinajstić information content (AvgIpc) is 3.19. The van der Waals surface area contributed by atoms with E-state index in [1.807, 2.05) is 40.6 Å². The predicted molar refractivity (Wildman–Crippen MR) is 124 cm³/mol. The molecule has 1 fully saturated rings. The first-order valence-corrected chi connectivity index (χ1v) is 11.8. The van der Waals surface area contributed by atoms with Crippen molar-refractivity contribution in [1.82, 2.24) is 25.3 Å². The molecule has 0 atom stereocenters. The van der Waals surface area contributed by atoms with Crippen LogP contribution in [0.15, 0.2) is 30.6 Å². The Balaban J connectivity index is 1.24. The molecule has 1 aliphatic heterocycles. The van der Waals surface area contributed by atoms with Crippen LogP contribution in [0.1, 0.15) is 39.2 Å².